The van der Waals surface area contributed by atoms with Crippen LogP contribution in [0.15, 0.2) is 53.5 Å². The summed E-state index contributed by atoms with van der Waals surface area (Å²) in [6.45, 7) is 4.40. The maximum absolute atomic E-state index is 12.4. The average molecular weight is 298 g/mol. The molecule has 0 radical (unpaired) electrons. The van der Waals surface area contributed by atoms with Crippen molar-refractivity contribution in [2.24, 2.45) is 0 Å². The van der Waals surface area contributed by atoms with Crippen LogP contribution in [0.4, 0.5) is 0 Å². The van der Waals surface area contributed by atoms with Crippen LogP contribution in [0.25, 0.3) is 0 Å². The first-order valence-electron chi connectivity index (χ1n) is 7.58. The van der Waals surface area contributed by atoms with Gasteiger partial charge in [0.25, 0.3) is 5.91 Å². The third-order valence-corrected chi connectivity index (χ3v) is 4.09. The van der Waals surface area contributed by atoms with Gasteiger partial charge in [0.2, 0.25) is 5.56 Å². The second-order valence-electron chi connectivity index (χ2n) is 5.65. The SMILES string of the molecule is O=C(c1ccc(=O)[nH]c1)N1CC[NH+](Cc2ccccc2)CC1. The van der Waals surface area contributed by atoms with Gasteiger partial charge in [-0.3, -0.25) is 9.59 Å². The van der Waals surface area contributed by atoms with Gasteiger partial charge in [-0.05, 0) is 6.07 Å². The highest BCUT2D eigenvalue weighted by atomic mass is 16.2. The van der Waals surface area contributed by atoms with Crippen molar-refractivity contribution >= 4 is 5.91 Å². The first-order valence-corrected chi connectivity index (χ1v) is 7.58. The number of hydrogen-bond acceptors (Lipinski definition) is 2. The van der Waals surface area contributed by atoms with E-state index < -0.39 is 0 Å². The Balaban J connectivity index is 1.56. The molecule has 2 heterocycles. The molecule has 1 aromatic heterocycles. The summed E-state index contributed by atoms with van der Waals surface area (Å²) in [5.41, 5.74) is 1.69. The molecular weight excluding hydrogens is 278 g/mol. The number of nitrogens with zero attached hydrogens (tertiary/aromatic N) is 1. The highest BCUT2D eigenvalue weighted by Crippen LogP contribution is 2.03. The van der Waals surface area contributed by atoms with E-state index in [-0.39, 0.29) is 11.5 Å². The molecule has 0 spiro atoms. The molecule has 1 aliphatic heterocycles. The Morgan fingerprint density at radius 3 is 2.45 bits per heavy atom. The van der Waals surface area contributed by atoms with E-state index in [1.165, 1.54) is 22.7 Å². The number of aromatic nitrogens is 1. The molecule has 1 aromatic carbocycles. The standard InChI is InChI=1S/C17H19N3O2/c21-16-7-6-15(12-18-16)17(22)20-10-8-19(9-11-20)13-14-4-2-1-3-5-14/h1-7,12H,8-11,13H2,(H,18,21)/p+1. The van der Waals surface area contributed by atoms with E-state index in [1.807, 2.05) is 11.0 Å². The molecule has 0 aliphatic carbocycles. The first-order chi connectivity index (χ1) is 10.7. The molecule has 0 bridgehead atoms. The van der Waals surface area contributed by atoms with Crippen LogP contribution < -0.4 is 10.5 Å². The van der Waals surface area contributed by atoms with Gasteiger partial charge < -0.3 is 14.8 Å². The predicted molar refractivity (Wildman–Crippen MR) is 83.8 cm³/mol. The number of hydrogen-bond donors (Lipinski definition) is 2. The first kappa shape index (κ1) is 14.5. The van der Waals surface area contributed by atoms with Crippen LogP contribution in [0.5, 0.6) is 0 Å². The Morgan fingerprint density at radius 2 is 1.82 bits per heavy atom. The van der Waals surface area contributed by atoms with Crippen molar-refractivity contribution in [3.63, 3.8) is 0 Å². The van der Waals surface area contributed by atoms with E-state index in [0.717, 1.165) is 32.7 Å². The fraction of sp³-hybridized carbons (Fsp3) is 0.294. The van der Waals surface area contributed by atoms with Gasteiger partial charge in [-0.2, -0.15) is 0 Å². The average Bonchev–Trinajstić information content (AvgIpc) is 2.57. The van der Waals surface area contributed by atoms with Gasteiger partial charge in [0.1, 0.15) is 6.54 Å². The number of quaternary nitrogens is 1. The van der Waals surface area contributed by atoms with Crippen molar-refractivity contribution in [3.8, 4) is 0 Å². The molecule has 0 saturated carbocycles. The number of rotatable bonds is 3. The lowest BCUT2D eigenvalue weighted by atomic mass is 10.2. The predicted octanol–water partition coefficient (Wildman–Crippen LogP) is -0.0842. The molecule has 5 heteroatoms. The van der Waals surface area contributed by atoms with E-state index in [1.54, 1.807) is 6.07 Å². The summed E-state index contributed by atoms with van der Waals surface area (Å²) in [5.74, 6) is -0.00462. The second kappa shape index (κ2) is 6.58. The fourth-order valence-corrected chi connectivity index (χ4v) is 2.81. The molecule has 2 aromatic rings. The zero-order valence-corrected chi connectivity index (χ0v) is 12.4. The summed E-state index contributed by atoms with van der Waals surface area (Å²) in [4.78, 5) is 29.3. The van der Waals surface area contributed by atoms with E-state index >= 15 is 0 Å². The number of nitrogens with one attached hydrogen (secondary N) is 2. The molecular formula is C17H20N3O2+. The smallest absolute Gasteiger partial charge is 0.255 e. The number of carbonyl (C=O) groups is 1. The Kier molecular flexibility index (Phi) is 4.34. The van der Waals surface area contributed by atoms with Crippen molar-refractivity contribution in [1.82, 2.24) is 9.88 Å². The summed E-state index contributed by atoms with van der Waals surface area (Å²) in [5, 5.41) is 0. The third kappa shape index (κ3) is 3.43. The third-order valence-electron chi connectivity index (χ3n) is 4.09. The lowest BCUT2D eigenvalue weighted by molar-refractivity contribution is -0.917. The second-order valence-corrected chi connectivity index (χ2v) is 5.65. The number of H-pyrrole nitrogens is 1. The zero-order chi connectivity index (χ0) is 15.4. The van der Waals surface area contributed by atoms with Crippen molar-refractivity contribution in [1.29, 1.82) is 0 Å². The maximum atomic E-state index is 12.4. The zero-order valence-electron chi connectivity index (χ0n) is 12.4. The summed E-state index contributed by atoms with van der Waals surface area (Å²) >= 11 is 0. The van der Waals surface area contributed by atoms with Crippen LogP contribution in [-0.2, 0) is 6.54 Å². The Hall–Kier alpha value is -2.40. The summed E-state index contributed by atoms with van der Waals surface area (Å²) in [6.07, 6.45) is 1.49. The normalized spacial score (nSPS) is 15.7. The van der Waals surface area contributed by atoms with Gasteiger partial charge in [0, 0.05) is 17.8 Å². The van der Waals surface area contributed by atoms with Gasteiger partial charge in [-0.1, -0.05) is 30.3 Å². The lowest BCUT2D eigenvalue weighted by Crippen LogP contribution is -3.13. The van der Waals surface area contributed by atoms with E-state index in [0.29, 0.717) is 5.56 Å². The molecule has 0 unspecified atom stereocenters. The van der Waals surface area contributed by atoms with Crippen LogP contribution >= 0.6 is 0 Å². The minimum atomic E-state index is -0.186. The molecule has 1 saturated heterocycles. The molecule has 1 fully saturated rings. The van der Waals surface area contributed by atoms with Crippen molar-refractivity contribution in [3.05, 3.63) is 70.1 Å². The fourth-order valence-electron chi connectivity index (χ4n) is 2.81. The number of carbonyl (C=O) groups excluding carboxylic acids is 1. The van der Waals surface area contributed by atoms with Gasteiger partial charge in [-0.25, -0.2) is 0 Å². The largest absolute Gasteiger partial charge is 0.328 e. The maximum Gasteiger partial charge on any atom is 0.255 e. The van der Waals surface area contributed by atoms with Crippen LogP contribution in [-0.4, -0.2) is 42.0 Å². The summed E-state index contributed by atoms with van der Waals surface area (Å²) in [7, 11) is 0. The van der Waals surface area contributed by atoms with Gasteiger partial charge >= 0.3 is 0 Å². The van der Waals surface area contributed by atoms with Crippen molar-refractivity contribution in [2.75, 3.05) is 26.2 Å². The molecule has 114 valence electrons. The summed E-state index contributed by atoms with van der Waals surface area (Å²) < 4.78 is 0. The number of benzene rings is 1. The molecule has 1 aliphatic rings. The minimum absolute atomic E-state index is 0.00462. The Bertz CT molecular complexity index is 668. The van der Waals surface area contributed by atoms with Crippen LogP contribution in [0, 0.1) is 0 Å². The van der Waals surface area contributed by atoms with Crippen molar-refractivity contribution < 1.29 is 9.69 Å². The monoisotopic (exact) mass is 298 g/mol. The minimum Gasteiger partial charge on any atom is -0.328 e. The molecule has 1 amide bonds. The molecule has 22 heavy (non-hydrogen) atoms. The lowest BCUT2D eigenvalue weighted by Gasteiger charge is -2.32. The van der Waals surface area contributed by atoms with Gasteiger partial charge in [0.15, 0.2) is 0 Å². The van der Waals surface area contributed by atoms with Crippen molar-refractivity contribution in [2.45, 2.75) is 6.54 Å². The highest BCUT2D eigenvalue weighted by Gasteiger charge is 2.24. The quantitative estimate of drug-likeness (QED) is 0.832. The van der Waals surface area contributed by atoms with Crippen LogP contribution in [0.1, 0.15) is 15.9 Å². The Morgan fingerprint density at radius 1 is 1.09 bits per heavy atom. The molecule has 0 atom stereocenters. The number of piperazine rings is 1. The molecule has 5 nitrogen and oxygen atoms in total. The van der Waals surface area contributed by atoms with Gasteiger partial charge in [0.05, 0.1) is 31.7 Å². The van der Waals surface area contributed by atoms with E-state index in [9.17, 15) is 9.59 Å². The van der Waals surface area contributed by atoms with Crippen LogP contribution in [0.2, 0.25) is 0 Å². The summed E-state index contributed by atoms with van der Waals surface area (Å²) in [6, 6.07) is 13.4. The molecule has 2 N–H and O–H groups in total. The highest BCUT2D eigenvalue weighted by molar-refractivity contribution is 5.93. The Labute approximate surface area is 129 Å². The topological polar surface area (TPSA) is 57.6 Å². The van der Waals surface area contributed by atoms with E-state index in [4.69, 9.17) is 0 Å². The van der Waals surface area contributed by atoms with Gasteiger partial charge in [-0.15, -0.1) is 0 Å². The number of amides is 1. The number of pyridine rings is 1. The van der Waals surface area contributed by atoms with Crippen LogP contribution in [0.3, 0.4) is 0 Å². The van der Waals surface area contributed by atoms with E-state index in [2.05, 4.69) is 29.2 Å². The number of aromatic amines is 1. The molecule has 3 rings (SSSR count).